The van der Waals surface area contributed by atoms with Gasteiger partial charge >= 0.3 is 0 Å². The summed E-state index contributed by atoms with van der Waals surface area (Å²) in [6, 6.07) is 4.65. The molecule has 0 amide bonds. The number of hydrogen-bond donors (Lipinski definition) is 2. The van der Waals surface area contributed by atoms with Crippen molar-refractivity contribution in [1.82, 2.24) is 5.32 Å². The molecule has 0 aromatic heterocycles. The van der Waals surface area contributed by atoms with E-state index in [-0.39, 0.29) is 11.1 Å². The number of hydrogen-bond acceptors (Lipinski definition) is 2. The second-order valence-electron chi connectivity index (χ2n) is 3.56. The van der Waals surface area contributed by atoms with Crippen LogP contribution in [-0.4, -0.2) is 17.8 Å². The van der Waals surface area contributed by atoms with Crippen LogP contribution in [0.5, 0.6) is 0 Å². The Kier molecular flexibility index (Phi) is 5.02. The van der Waals surface area contributed by atoms with Gasteiger partial charge in [-0.1, -0.05) is 17.7 Å². The molecular weight excluding hydrogens is 217 g/mol. The number of aliphatic hydroxyl groups is 1. The topological polar surface area (TPSA) is 32.3 Å². The molecular formula is C11H15ClFNO. The van der Waals surface area contributed by atoms with Crippen molar-refractivity contribution in [2.45, 2.75) is 26.0 Å². The van der Waals surface area contributed by atoms with Gasteiger partial charge in [0, 0.05) is 6.54 Å². The lowest BCUT2D eigenvalue weighted by atomic mass is 10.2. The standard InChI is InChI=1S/C11H15ClFNO/c1-8(15)4-5-14-7-9-2-3-11(13)10(12)6-9/h2-3,6,8,14-15H,4-5,7H2,1H3/t8-/m0/s1. The largest absolute Gasteiger partial charge is 0.393 e. The summed E-state index contributed by atoms with van der Waals surface area (Å²) in [7, 11) is 0. The highest BCUT2D eigenvalue weighted by Crippen LogP contribution is 2.15. The van der Waals surface area contributed by atoms with Crippen LogP contribution < -0.4 is 5.32 Å². The maximum Gasteiger partial charge on any atom is 0.141 e. The van der Waals surface area contributed by atoms with E-state index in [0.29, 0.717) is 13.0 Å². The summed E-state index contributed by atoms with van der Waals surface area (Å²) >= 11 is 5.63. The van der Waals surface area contributed by atoms with E-state index in [1.165, 1.54) is 6.07 Å². The molecule has 4 heteroatoms. The fourth-order valence-electron chi connectivity index (χ4n) is 1.19. The van der Waals surface area contributed by atoms with Gasteiger partial charge in [0.2, 0.25) is 0 Å². The van der Waals surface area contributed by atoms with Crippen molar-refractivity contribution in [3.05, 3.63) is 34.6 Å². The Bertz CT molecular complexity index is 317. The fraction of sp³-hybridized carbons (Fsp3) is 0.455. The minimum absolute atomic E-state index is 0.143. The molecule has 0 spiro atoms. The summed E-state index contributed by atoms with van der Waals surface area (Å²) in [6.45, 7) is 3.11. The highest BCUT2D eigenvalue weighted by Gasteiger charge is 2.00. The summed E-state index contributed by atoms with van der Waals surface area (Å²) in [5, 5.41) is 12.3. The quantitative estimate of drug-likeness (QED) is 0.763. The van der Waals surface area contributed by atoms with Gasteiger partial charge in [0.25, 0.3) is 0 Å². The normalized spacial score (nSPS) is 12.8. The Labute approximate surface area is 94.1 Å². The maximum atomic E-state index is 12.8. The average Bonchev–Trinajstić information content (AvgIpc) is 2.18. The average molecular weight is 232 g/mol. The zero-order valence-electron chi connectivity index (χ0n) is 8.63. The molecule has 0 unspecified atom stereocenters. The smallest absolute Gasteiger partial charge is 0.141 e. The lowest BCUT2D eigenvalue weighted by Crippen LogP contribution is -2.18. The van der Waals surface area contributed by atoms with Crippen LogP contribution in [0.1, 0.15) is 18.9 Å². The van der Waals surface area contributed by atoms with Gasteiger partial charge in [-0.25, -0.2) is 4.39 Å². The van der Waals surface area contributed by atoms with Gasteiger partial charge in [-0.2, -0.15) is 0 Å². The van der Waals surface area contributed by atoms with Crippen molar-refractivity contribution < 1.29 is 9.50 Å². The summed E-state index contributed by atoms with van der Waals surface area (Å²) in [5.74, 6) is -0.399. The van der Waals surface area contributed by atoms with E-state index in [1.54, 1.807) is 19.1 Å². The van der Waals surface area contributed by atoms with Gasteiger partial charge in [0.1, 0.15) is 5.82 Å². The van der Waals surface area contributed by atoms with E-state index < -0.39 is 5.82 Å². The van der Waals surface area contributed by atoms with Crippen LogP contribution in [0.4, 0.5) is 4.39 Å². The third-order valence-corrected chi connectivity index (χ3v) is 2.34. The number of benzene rings is 1. The lowest BCUT2D eigenvalue weighted by molar-refractivity contribution is 0.183. The second kappa shape index (κ2) is 6.05. The molecule has 0 saturated carbocycles. The molecule has 0 aliphatic carbocycles. The van der Waals surface area contributed by atoms with Crippen molar-refractivity contribution in [2.24, 2.45) is 0 Å². The molecule has 0 aliphatic heterocycles. The maximum absolute atomic E-state index is 12.8. The van der Waals surface area contributed by atoms with Gasteiger partial charge in [-0.05, 0) is 37.6 Å². The van der Waals surface area contributed by atoms with E-state index in [4.69, 9.17) is 16.7 Å². The monoisotopic (exact) mass is 231 g/mol. The predicted octanol–water partition coefficient (Wildman–Crippen LogP) is 2.34. The van der Waals surface area contributed by atoms with Crippen LogP contribution in [0.2, 0.25) is 5.02 Å². The van der Waals surface area contributed by atoms with Crippen LogP contribution >= 0.6 is 11.6 Å². The Balaban J connectivity index is 2.35. The van der Waals surface area contributed by atoms with Crippen LogP contribution in [0.25, 0.3) is 0 Å². The Morgan fingerprint density at radius 1 is 1.53 bits per heavy atom. The molecule has 2 nitrogen and oxygen atoms in total. The third kappa shape index (κ3) is 4.60. The Morgan fingerprint density at radius 2 is 2.27 bits per heavy atom. The molecule has 0 saturated heterocycles. The Hall–Kier alpha value is -0.640. The molecule has 1 rings (SSSR count). The predicted molar refractivity (Wildman–Crippen MR) is 59.4 cm³/mol. The number of nitrogens with one attached hydrogen (secondary N) is 1. The lowest BCUT2D eigenvalue weighted by Gasteiger charge is -2.07. The Morgan fingerprint density at radius 3 is 2.87 bits per heavy atom. The molecule has 15 heavy (non-hydrogen) atoms. The zero-order valence-corrected chi connectivity index (χ0v) is 9.39. The first-order valence-electron chi connectivity index (χ1n) is 4.92. The highest BCUT2D eigenvalue weighted by atomic mass is 35.5. The van der Waals surface area contributed by atoms with E-state index in [1.807, 2.05) is 0 Å². The number of rotatable bonds is 5. The minimum atomic E-state index is -0.399. The summed E-state index contributed by atoms with van der Waals surface area (Å²) in [5.41, 5.74) is 0.937. The zero-order chi connectivity index (χ0) is 11.3. The SMILES string of the molecule is C[C@H](O)CCNCc1ccc(F)c(Cl)c1. The molecule has 0 radical (unpaired) electrons. The summed E-state index contributed by atoms with van der Waals surface area (Å²) in [6.07, 6.45) is 0.406. The molecule has 1 aromatic carbocycles. The van der Waals surface area contributed by atoms with Crippen LogP contribution in [0.15, 0.2) is 18.2 Å². The van der Waals surface area contributed by atoms with E-state index in [2.05, 4.69) is 5.32 Å². The van der Waals surface area contributed by atoms with Crippen molar-refractivity contribution in [1.29, 1.82) is 0 Å². The van der Waals surface area contributed by atoms with Crippen molar-refractivity contribution in [2.75, 3.05) is 6.54 Å². The van der Waals surface area contributed by atoms with Crippen molar-refractivity contribution in [3.63, 3.8) is 0 Å². The molecule has 0 bridgehead atoms. The van der Waals surface area contributed by atoms with Gasteiger partial charge in [0.15, 0.2) is 0 Å². The van der Waals surface area contributed by atoms with Crippen molar-refractivity contribution in [3.8, 4) is 0 Å². The van der Waals surface area contributed by atoms with Gasteiger partial charge in [-0.3, -0.25) is 0 Å². The molecule has 0 heterocycles. The van der Waals surface area contributed by atoms with Gasteiger partial charge in [-0.15, -0.1) is 0 Å². The molecule has 2 N–H and O–H groups in total. The van der Waals surface area contributed by atoms with Crippen LogP contribution in [0, 0.1) is 5.82 Å². The summed E-state index contributed by atoms with van der Waals surface area (Å²) in [4.78, 5) is 0. The molecule has 84 valence electrons. The van der Waals surface area contributed by atoms with Crippen LogP contribution in [0.3, 0.4) is 0 Å². The first-order chi connectivity index (χ1) is 7.09. The van der Waals surface area contributed by atoms with E-state index in [0.717, 1.165) is 12.1 Å². The second-order valence-corrected chi connectivity index (χ2v) is 3.97. The first kappa shape index (κ1) is 12.4. The molecule has 1 atom stereocenters. The van der Waals surface area contributed by atoms with E-state index in [9.17, 15) is 4.39 Å². The number of halogens is 2. The van der Waals surface area contributed by atoms with Gasteiger partial charge < -0.3 is 10.4 Å². The fourth-order valence-corrected chi connectivity index (χ4v) is 1.40. The third-order valence-electron chi connectivity index (χ3n) is 2.05. The highest BCUT2D eigenvalue weighted by molar-refractivity contribution is 6.30. The molecule has 1 aromatic rings. The first-order valence-corrected chi connectivity index (χ1v) is 5.30. The molecule has 0 fully saturated rings. The van der Waals surface area contributed by atoms with E-state index >= 15 is 0 Å². The van der Waals surface area contributed by atoms with Crippen molar-refractivity contribution >= 4 is 11.6 Å². The molecule has 0 aliphatic rings. The summed E-state index contributed by atoms with van der Waals surface area (Å²) < 4.78 is 12.8. The number of aliphatic hydroxyl groups excluding tert-OH is 1. The minimum Gasteiger partial charge on any atom is -0.393 e. The van der Waals surface area contributed by atoms with Crippen LogP contribution in [-0.2, 0) is 6.54 Å². The van der Waals surface area contributed by atoms with Gasteiger partial charge in [0.05, 0.1) is 11.1 Å².